The van der Waals surface area contributed by atoms with Crippen LogP contribution in [-0.4, -0.2) is 29.7 Å². The summed E-state index contributed by atoms with van der Waals surface area (Å²) in [5.41, 5.74) is -0.836. The first-order valence-corrected chi connectivity index (χ1v) is 5.26. The Bertz CT molecular complexity index is 240. The molecular formula is C11H19NO2. The Kier molecular flexibility index (Phi) is 3.29. The molecule has 0 aromatic carbocycles. The average Bonchev–Trinajstić information content (AvgIpc) is 2.17. The first-order valence-electron chi connectivity index (χ1n) is 5.26. The topological polar surface area (TPSA) is 37.4 Å². The van der Waals surface area contributed by atoms with Crippen molar-refractivity contribution in [3.63, 3.8) is 0 Å². The number of hydrogen-bond donors (Lipinski definition) is 0. The van der Waals surface area contributed by atoms with E-state index in [1.807, 2.05) is 4.90 Å². The molecule has 14 heavy (non-hydrogen) atoms. The fourth-order valence-corrected chi connectivity index (χ4v) is 1.64. The van der Waals surface area contributed by atoms with E-state index in [1.54, 1.807) is 13.8 Å². The Labute approximate surface area is 85.5 Å². The van der Waals surface area contributed by atoms with Crippen LogP contribution in [0.25, 0.3) is 0 Å². The van der Waals surface area contributed by atoms with Crippen LogP contribution in [0, 0.1) is 5.41 Å². The molecule has 3 nitrogen and oxygen atoms in total. The van der Waals surface area contributed by atoms with Gasteiger partial charge in [-0.25, -0.2) is 0 Å². The summed E-state index contributed by atoms with van der Waals surface area (Å²) in [6.07, 6.45) is 3.34. The van der Waals surface area contributed by atoms with Crippen molar-refractivity contribution in [1.29, 1.82) is 0 Å². The van der Waals surface area contributed by atoms with Gasteiger partial charge < -0.3 is 4.90 Å². The van der Waals surface area contributed by atoms with Crippen molar-refractivity contribution in [1.82, 2.24) is 4.90 Å². The van der Waals surface area contributed by atoms with Gasteiger partial charge in [0.2, 0.25) is 5.91 Å². The molecule has 0 N–H and O–H groups in total. The van der Waals surface area contributed by atoms with E-state index >= 15 is 0 Å². The van der Waals surface area contributed by atoms with Crippen LogP contribution in [0.5, 0.6) is 0 Å². The number of carbonyl (C=O) groups is 2. The fourth-order valence-electron chi connectivity index (χ4n) is 1.64. The number of ketones is 1. The Morgan fingerprint density at radius 2 is 1.57 bits per heavy atom. The van der Waals surface area contributed by atoms with Gasteiger partial charge in [-0.15, -0.1) is 0 Å². The second kappa shape index (κ2) is 4.11. The van der Waals surface area contributed by atoms with Gasteiger partial charge in [-0.3, -0.25) is 9.59 Å². The Morgan fingerprint density at radius 3 is 2.00 bits per heavy atom. The van der Waals surface area contributed by atoms with Gasteiger partial charge >= 0.3 is 0 Å². The van der Waals surface area contributed by atoms with Crippen molar-refractivity contribution in [3.8, 4) is 0 Å². The SMILES string of the molecule is CC(=O)C(C)(C)C(=O)N1CCCCC1. The summed E-state index contributed by atoms with van der Waals surface area (Å²) in [5.74, 6) is -0.0576. The number of piperidine rings is 1. The summed E-state index contributed by atoms with van der Waals surface area (Å²) < 4.78 is 0. The van der Waals surface area contributed by atoms with Gasteiger partial charge in [0.1, 0.15) is 11.2 Å². The molecule has 80 valence electrons. The molecular weight excluding hydrogens is 178 g/mol. The molecule has 1 amide bonds. The highest BCUT2D eigenvalue weighted by Gasteiger charge is 2.36. The summed E-state index contributed by atoms with van der Waals surface area (Å²) in [4.78, 5) is 25.1. The van der Waals surface area contributed by atoms with E-state index in [0.29, 0.717) is 0 Å². The molecule has 0 spiro atoms. The van der Waals surface area contributed by atoms with Crippen LogP contribution in [0.4, 0.5) is 0 Å². The zero-order chi connectivity index (χ0) is 10.8. The summed E-state index contributed by atoms with van der Waals surface area (Å²) >= 11 is 0. The Morgan fingerprint density at radius 1 is 1.07 bits per heavy atom. The van der Waals surface area contributed by atoms with Crippen LogP contribution in [0.15, 0.2) is 0 Å². The van der Waals surface area contributed by atoms with E-state index in [2.05, 4.69) is 0 Å². The molecule has 1 aliphatic heterocycles. The van der Waals surface area contributed by atoms with E-state index in [1.165, 1.54) is 13.3 Å². The molecule has 0 aromatic heterocycles. The molecule has 0 atom stereocenters. The van der Waals surface area contributed by atoms with E-state index in [0.717, 1.165) is 25.9 Å². The smallest absolute Gasteiger partial charge is 0.235 e. The van der Waals surface area contributed by atoms with Gasteiger partial charge in [-0.05, 0) is 40.0 Å². The van der Waals surface area contributed by atoms with E-state index in [9.17, 15) is 9.59 Å². The first-order chi connectivity index (χ1) is 6.46. The lowest BCUT2D eigenvalue weighted by Crippen LogP contribution is -2.46. The lowest BCUT2D eigenvalue weighted by molar-refractivity contribution is -0.147. The van der Waals surface area contributed by atoms with Crippen LogP contribution >= 0.6 is 0 Å². The molecule has 0 radical (unpaired) electrons. The maximum atomic E-state index is 12.0. The van der Waals surface area contributed by atoms with Crippen LogP contribution in [0.1, 0.15) is 40.0 Å². The highest BCUT2D eigenvalue weighted by molar-refractivity contribution is 6.04. The minimum absolute atomic E-state index is 0.00954. The number of Topliss-reactive ketones (excluding diaryl/α,β-unsaturated/α-hetero) is 1. The third-order valence-corrected chi connectivity index (χ3v) is 3.06. The van der Waals surface area contributed by atoms with Crippen molar-refractivity contribution >= 4 is 11.7 Å². The fraction of sp³-hybridized carbons (Fsp3) is 0.818. The van der Waals surface area contributed by atoms with Crippen LogP contribution in [-0.2, 0) is 9.59 Å². The molecule has 1 fully saturated rings. The third-order valence-electron chi connectivity index (χ3n) is 3.06. The van der Waals surface area contributed by atoms with Gasteiger partial charge in [0.05, 0.1) is 0 Å². The third kappa shape index (κ3) is 2.14. The quantitative estimate of drug-likeness (QED) is 0.631. The summed E-state index contributed by atoms with van der Waals surface area (Å²) in [7, 11) is 0. The molecule has 0 aliphatic carbocycles. The van der Waals surface area contributed by atoms with Crippen molar-refractivity contribution in [3.05, 3.63) is 0 Å². The molecule has 0 saturated carbocycles. The van der Waals surface area contributed by atoms with Gasteiger partial charge in [-0.1, -0.05) is 0 Å². The normalized spacial score (nSPS) is 18.1. The van der Waals surface area contributed by atoms with Crippen molar-refractivity contribution in [2.24, 2.45) is 5.41 Å². The van der Waals surface area contributed by atoms with Gasteiger partial charge in [0.15, 0.2) is 0 Å². The number of likely N-dealkylation sites (tertiary alicyclic amines) is 1. The summed E-state index contributed by atoms with van der Waals surface area (Å²) in [5, 5.41) is 0. The Balaban J connectivity index is 2.67. The molecule has 0 bridgehead atoms. The molecule has 1 saturated heterocycles. The lowest BCUT2D eigenvalue weighted by atomic mass is 9.86. The minimum Gasteiger partial charge on any atom is -0.342 e. The number of amides is 1. The van der Waals surface area contributed by atoms with Crippen molar-refractivity contribution in [2.75, 3.05) is 13.1 Å². The number of rotatable bonds is 2. The summed E-state index contributed by atoms with van der Waals surface area (Å²) in [6.45, 7) is 6.55. The standard InChI is InChI=1S/C11H19NO2/c1-9(13)11(2,3)10(14)12-7-5-4-6-8-12/h4-8H2,1-3H3. The maximum absolute atomic E-state index is 12.0. The minimum atomic E-state index is -0.836. The molecule has 1 rings (SSSR count). The van der Waals surface area contributed by atoms with E-state index < -0.39 is 5.41 Å². The molecule has 1 aliphatic rings. The zero-order valence-corrected chi connectivity index (χ0v) is 9.30. The predicted octanol–water partition coefficient (Wildman–Crippen LogP) is 1.61. The van der Waals surface area contributed by atoms with E-state index in [4.69, 9.17) is 0 Å². The van der Waals surface area contributed by atoms with E-state index in [-0.39, 0.29) is 11.7 Å². The monoisotopic (exact) mass is 197 g/mol. The number of nitrogens with zero attached hydrogens (tertiary/aromatic N) is 1. The van der Waals surface area contributed by atoms with Gasteiger partial charge in [0, 0.05) is 13.1 Å². The number of hydrogen-bond acceptors (Lipinski definition) is 2. The van der Waals surface area contributed by atoms with Crippen molar-refractivity contribution in [2.45, 2.75) is 40.0 Å². The lowest BCUT2D eigenvalue weighted by Gasteiger charge is -2.32. The average molecular weight is 197 g/mol. The molecule has 0 unspecified atom stereocenters. The van der Waals surface area contributed by atoms with Crippen molar-refractivity contribution < 1.29 is 9.59 Å². The first kappa shape index (κ1) is 11.2. The molecule has 3 heteroatoms. The summed E-state index contributed by atoms with van der Waals surface area (Å²) in [6, 6.07) is 0. The van der Waals surface area contributed by atoms with Crippen LogP contribution < -0.4 is 0 Å². The zero-order valence-electron chi connectivity index (χ0n) is 9.30. The second-order valence-electron chi connectivity index (χ2n) is 4.53. The number of carbonyl (C=O) groups excluding carboxylic acids is 2. The van der Waals surface area contributed by atoms with Crippen LogP contribution in [0.3, 0.4) is 0 Å². The maximum Gasteiger partial charge on any atom is 0.235 e. The Hall–Kier alpha value is -0.860. The highest BCUT2D eigenvalue weighted by atomic mass is 16.2. The predicted molar refractivity (Wildman–Crippen MR) is 54.9 cm³/mol. The largest absolute Gasteiger partial charge is 0.342 e. The second-order valence-corrected chi connectivity index (χ2v) is 4.53. The van der Waals surface area contributed by atoms with Crippen LogP contribution in [0.2, 0.25) is 0 Å². The van der Waals surface area contributed by atoms with Gasteiger partial charge in [0.25, 0.3) is 0 Å². The molecule has 1 heterocycles. The molecule has 0 aromatic rings. The highest BCUT2D eigenvalue weighted by Crippen LogP contribution is 2.22. The van der Waals surface area contributed by atoms with Gasteiger partial charge in [-0.2, -0.15) is 0 Å².